The Morgan fingerprint density at radius 1 is 1.24 bits per heavy atom. The minimum atomic E-state index is -3.68. The second-order valence-corrected chi connectivity index (χ2v) is 7.45. The topological polar surface area (TPSA) is 76.1 Å². The normalized spacial score (nSPS) is 18.4. The third-order valence-electron chi connectivity index (χ3n) is 3.96. The average molecular weight is 315 g/mol. The fourth-order valence-corrected chi connectivity index (χ4v) is 3.93. The fraction of sp³-hybridized carbons (Fsp3) is 0.571. The van der Waals surface area contributed by atoms with Gasteiger partial charge in [-0.05, 0) is 18.1 Å². The molecule has 1 heterocycles. The van der Waals surface area contributed by atoms with Gasteiger partial charge in [-0.2, -0.15) is 4.31 Å². The summed E-state index contributed by atoms with van der Waals surface area (Å²) in [7, 11) is -0.770. The van der Waals surface area contributed by atoms with Crippen LogP contribution in [0.1, 0.15) is 13.8 Å². The maximum Gasteiger partial charge on any atom is 0.246 e. The van der Waals surface area contributed by atoms with Gasteiger partial charge in [0, 0.05) is 19.2 Å². The lowest BCUT2D eigenvalue weighted by molar-refractivity contribution is -0.0932. The molecule has 21 heavy (non-hydrogen) atoms. The van der Waals surface area contributed by atoms with Crippen molar-refractivity contribution >= 4 is 10.0 Å². The van der Waals surface area contributed by atoms with E-state index < -0.39 is 15.6 Å². The lowest BCUT2D eigenvalue weighted by Gasteiger charge is -2.47. The van der Waals surface area contributed by atoms with E-state index in [4.69, 9.17) is 9.47 Å². The first-order valence-corrected chi connectivity index (χ1v) is 8.13. The van der Waals surface area contributed by atoms with Crippen LogP contribution < -0.4 is 9.47 Å². The molecule has 0 unspecified atom stereocenters. The zero-order chi connectivity index (χ0) is 15.8. The molecule has 1 aromatic rings. The van der Waals surface area contributed by atoms with Gasteiger partial charge >= 0.3 is 0 Å². The molecule has 0 bridgehead atoms. The first-order chi connectivity index (χ1) is 9.74. The van der Waals surface area contributed by atoms with Crippen molar-refractivity contribution in [3.8, 4) is 11.5 Å². The van der Waals surface area contributed by atoms with Crippen molar-refractivity contribution in [2.45, 2.75) is 24.3 Å². The number of ether oxygens (including phenoxy) is 2. The summed E-state index contributed by atoms with van der Waals surface area (Å²) in [5.41, 5.74) is -0.952. The van der Waals surface area contributed by atoms with Gasteiger partial charge in [0.25, 0.3) is 0 Å². The van der Waals surface area contributed by atoms with E-state index >= 15 is 0 Å². The summed E-state index contributed by atoms with van der Waals surface area (Å²) in [6.07, 6.45) is 0. The van der Waals surface area contributed by atoms with Crippen LogP contribution >= 0.6 is 0 Å². The molecule has 1 fully saturated rings. The Balaban J connectivity index is 2.30. The highest BCUT2D eigenvalue weighted by Gasteiger charge is 2.49. The van der Waals surface area contributed by atoms with E-state index in [-0.39, 0.29) is 29.7 Å². The summed E-state index contributed by atoms with van der Waals surface area (Å²) in [4.78, 5) is 0.0802. The molecule has 0 aromatic heterocycles. The van der Waals surface area contributed by atoms with Crippen LogP contribution in [0.25, 0.3) is 0 Å². The molecular formula is C14H21NO5S. The fourth-order valence-electron chi connectivity index (χ4n) is 2.23. The molecule has 2 rings (SSSR count). The van der Waals surface area contributed by atoms with Crippen LogP contribution in [0, 0.1) is 5.92 Å². The third-order valence-corrected chi connectivity index (χ3v) is 5.79. The minimum absolute atomic E-state index is 0.00159. The Labute approximate surface area is 125 Å². The molecule has 118 valence electrons. The van der Waals surface area contributed by atoms with Crippen molar-refractivity contribution in [2.75, 3.05) is 27.3 Å². The zero-order valence-electron chi connectivity index (χ0n) is 12.7. The van der Waals surface area contributed by atoms with Gasteiger partial charge in [0.2, 0.25) is 10.0 Å². The van der Waals surface area contributed by atoms with Gasteiger partial charge in [-0.15, -0.1) is 0 Å². The Morgan fingerprint density at radius 3 is 2.33 bits per heavy atom. The molecule has 6 nitrogen and oxygen atoms in total. The molecule has 1 aromatic carbocycles. The molecule has 1 aliphatic heterocycles. The lowest BCUT2D eigenvalue weighted by Crippen LogP contribution is -2.65. The van der Waals surface area contributed by atoms with Gasteiger partial charge in [0.1, 0.15) is 16.4 Å². The highest BCUT2D eigenvalue weighted by Crippen LogP contribution is 2.37. The average Bonchev–Trinajstić information content (AvgIpc) is 2.42. The SMILES string of the molecule is COc1ccc(S(=O)(=O)N2CC(O)(C(C)C)C2)c(OC)c1. The molecule has 0 aliphatic carbocycles. The van der Waals surface area contributed by atoms with Gasteiger partial charge in [0.05, 0.1) is 19.8 Å². The first-order valence-electron chi connectivity index (χ1n) is 6.69. The summed E-state index contributed by atoms with van der Waals surface area (Å²) < 4.78 is 36.7. The molecular weight excluding hydrogens is 294 g/mol. The molecule has 1 aliphatic rings. The molecule has 0 amide bonds. The number of β-amino-alcohol motifs (C(OH)–C–C–N with tert-alkyl or cyclic N) is 1. The highest BCUT2D eigenvalue weighted by atomic mass is 32.2. The van der Waals surface area contributed by atoms with Gasteiger partial charge in [0.15, 0.2) is 0 Å². The first kappa shape index (κ1) is 16.1. The predicted molar refractivity (Wildman–Crippen MR) is 78.1 cm³/mol. The van der Waals surface area contributed by atoms with E-state index in [2.05, 4.69) is 0 Å². The smallest absolute Gasteiger partial charge is 0.246 e. The predicted octanol–water partition coefficient (Wildman–Crippen LogP) is 1.10. The summed E-state index contributed by atoms with van der Waals surface area (Å²) in [6.45, 7) is 3.94. The Morgan fingerprint density at radius 2 is 1.86 bits per heavy atom. The maximum absolute atomic E-state index is 12.6. The summed E-state index contributed by atoms with van der Waals surface area (Å²) in [5.74, 6) is 0.754. The molecule has 0 spiro atoms. The number of methoxy groups -OCH3 is 2. The van der Waals surface area contributed by atoms with Crippen molar-refractivity contribution in [2.24, 2.45) is 5.92 Å². The largest absolute Gasteiger partial charge is 0.497 e. The van der Waals surface area contributed by atoms with E-state index in [9.17, 15) is 13.5 Å². The second kappa shape index (κ2) is 5.47. The zero-order valence-corrected chi connectivity index (χ0v) is 13.5. The van der Waals surface area contributed by atoms with Crippen LogP contribution in [0.2, 0.25) is 0 Å². The molecule has 1 saturated heterocycles. The second-order valence-electron chi connectivity index (χ2n) is 5.55. The number of aliphatic hydroxyl groups is 1. The van der Waals surface area contributed by atoms with Crippen LogP contribution in [0.5, 0.6) is 11.5 Å². The number of hydrogen-bond acceptors (Lipinski definition) is 5. The van der Waals surface area contributed by atoms with Gasteiger partial charge in [-0.1, -0.05) is 13.8 Å². The Kier molecular flexibility index (Phi) is 4.19. The molecule has 0 saturated carbocycles. The third kappa shape index (κ3) is 2.73. The van der Waals surface area contributed by atoms with E-state index in [1.807, 2.05) is 13.8 Å². The van der Waals surface area contributed by atoms with E-state index in [1.165, 1.54) is 30.7 Å². The molecule has 0 radical (unpaired) electrons. The lowest BCUT2D eigenvalue weighted by atomic mass is 9.85. The van der Waals surface area contributed by atoms with Crippen molar-refractivity contribution in [1.82, 2.24) is 4.31 Å². The monoisotopic (exact) mass is 315 g/mol. The summed E-state index contributed by atoms with van der Waals surface area (Å²) >= 11 is 0. The quantitative estimate of drug-likeness (QED) is 0.880. The highest BCUT2D eigenvalue weighted by molar-refractivity contribution is 7.89. The van der Waals surface area contributed by atoms with Crippen LogP contribution in [0.3, 0.4) is 0 Å². The van der Waals surface area contributed by atoms with Crippen molar-refractivity contribution in [3.63, 3.8) is 0 Å². The van der Waals surface area contributed by atoms with E-state index in [1.54, 1.807) is 6.07 Å². The van der Waals surface area contributed by atoms with Gasteiger partial charge in [-0.25, -0.2) is 8.42 Å². The number of rotatable bonds is 5. The van der Waals surface area contributed by atoms with Gasteiger partial charge < -0.3 is 14.6 Å². The molecule has 7 heteroatoms. The summed E-state index contributed by atoms with van der Waals surface area (Å²) in [5, 5.41) is 10.2. The van der Waals surface area contributed by atoms with Crippen LogP contribution in [-0.2, 0) is 10.0 Å². The minimum Gasteiger partial charge on any atom is -0.497 e. The van der Waals surface area contributed by atoms with E-state index in [0.717, 1.165) is 0 Å². The van der Waals surface area contributed by atoms with Crippen LogP contribution in [-0.4, -0.2) is 50.7 Å². The summed E-state index contributed by atoms with van der Waals surface area (Å²) in [6, 6.07) is 4.56. The Hall–Kier alpha value is -1.31. The van der Waals surface area contributed by atoms with Crippen LogP contribution in [0.4, 0.5) is 0 Å². The Bertz CT molecular complexity index is 620. The van der Waals surface area contributed by atoms with Crippen molar-refractivity contribution in [3.05, 3.63) is 18.2 Å². The van der Waals surface area contributed by atoms with E-state index in [0.29, 0.717) is 5.75 Å². The number of benzene rings is 1. The van der Waals surface area contributed by atoms with Crippen molar-refractivity contribution in [1.29, 1.82) is 0 Å². The molecule has 0 atom stereocenters. The number of sulfonamides is 1. The van der Waals surface area contributed by atoms with Crippen LogP contribution in [0.15, 0.2) is 23.1 Å². The standard InChI is InChI=1S/C14H21NO5S/c1-10(2)14(16)8-15(9-14)21(17,18)13-6-5-11(19-3)7-12(13)20-4/h5-7,10,16H,8-9H2,1-4H3. The number of hydrogen-bond donors (Lipinski definition) is 1. The van der Waals surface area contributed by atoms with Crippen molar-refractivity contribution < 1.29 is 23.0 Å². The maximum atomic E-state index is 12.6. The number of nitrogens with zero attached hydrogens (tertiary/aromatic N) is 1. The van der Waals surface area contributed by atoms with Gasteiger partial charge in [-0.3, -0.25) is 0 Å². The molecule has 1 N–H and O–H groups in total.